The summed E-state index contributed by atoms with van der Waals surface area (Å²) in [6, 6.07) is 13.1. The molecule has 2 N–H and O–H groups in total. The van der Waals surface area contributed by atoms with Gasteiger partial charge in [0.2, 0.25) is 11.9 Å². The van der Waals surface area contributed by atoms with E-state index in [-0.39, 0.29) is 12.4 Å². The Balaban J connectivity index is 1.29. The Kier molecular flexibility index (Phi) is 7.74. The predicted molar refractivity (Wildman–Crippen MR) is 144 cm³/mol. The number of nitrogens with one attached hydrogen (secondary N) is 1. The molecule has 1 aliphatic rings. The van der Waals surface area contributed by atoms with Gasteiger partial charge >= 0.3 is 0 Å². The smallest absolute Gasteiger partial charge is 0.233 e. The second-order valence-corrected chi connectivity index (χ2v) is 8.87. The summed E-state index contributed by atoms with van der Waals surface area (Å²) in [6.45, 7) is 4.66. The Hall–Kier alpha value is -4.51. The quantitative estimate of drug-likeness (QED) is 0.321. The average molecular weight is 512 g/mol. The van der Waals surface area contributed by atoms with Gasteiger partial charge in [-0.2, -0.15) is 15.0 Å². The van der Waals surface area contributed by atoms with Crippen LogP contribution >= 0.6 is 0 Å². The minimum absolute atomic E-state index is 0.0122. The number of rotatable bonds is 9. The number of aliphatic hydroxyl groups excluding tert-OH is 1. The molecule has 38 heavy (non-hydrogen) atoms. The fourth-order valence-electron chi connectivity index (χ4n) is 4.30. The number of anilines is 4. The van der Waals surface area contributed by atoms with Crippen molar-refractivity contribution in [3.05, 3.63) is 83.7 Å². The SMILES string of the molecule is CCc1nc(Nc2cc(C(=O)Cc3ccccc3)ccn2)nc(N2CCN(c3ncncc3CO)CC2)n1. The standard InChI is InChI=1S/C27H29N9O2/c1-2-23-31-26(32-24-15-20(8-9-29-24)22(38)14-19-6-4-3-5-7-19)34-27(33-23)36-12-10-35(11-13-36)25-21(17-37)16-28-18-30-25/h3-9,15-16,18,37H,2,10-14,17H2,1H3,(H,29,31,32,33,34). The van der Waals surface area contributed by atoms with Gasteiger partial charge in [-0.25, -0.2) is 15.0 Å². The molecule has 11 nitrogen and oxygen atoms in total. The number of aromatic nitrogens is 6. The highest BCUT2D eigenvalue weighted by Gasteiger charge is 2.23. The number of ketones is 1. The largest absolute Gasteiger partial charge is 0.391 e. The lowest BCUT2D eigenvalue weighted by Crippen LogP contribution is -2.47. The van der Waals surface area contributed by atoms with Crippen molar-refractivity contribution in [3.63, 3.8) is 0 Å². The number of piperazine rings is 1. The number of carbonyl (C=O) groups excluding carboxylic acids is 1. The van der Waals surface area contributed by atoms with E-state index in [1.54, 1.807) is 24.5 Å². The maximum Gasteiger partial charge on any atom is 0.233 e. The molecular weight excluding hydrogens is 482 g/mol. The van der Waals surface area contributed by atoms with E-state index in [4.69, 9.17) is 0 Å². The Morgan fingerprint density at radius 2 is 1.79 bits per heavy atom. The van der Waals surface area contributed by atoms with E-state index in [9.17, 15) is 9.90 Å². The predicted octanol–water partition coefficient (Wildman–Crippen LogP) is 2.61. The van der Waals surface area contributed by atoms with Gasteiger partial charge in [-0.05, 0) is 17.7 Å². The molecule has 0 radical (unpaired) electrons. The molecule has 0 unspecified atom stereocenters. The van der Waals surface area contributed by atoms with Crippen LogP contribution < -0.4 is 15.1 Å². The van der Waals surface area contributed by atoms with Crippen molar-refractivity contribution < 1.29 is 9.90 Å². The zero-order valence-corrected chi connectivity index (χ0v) is 21.2. The van der Waals surface area contributed by atoms with Crippen molar-refractivity contribution in [2.75, 3.05) is 41.3 Å². The molecule has 1 saturated heterocycles. The van der Waals surface area contributed by atoms with Gasteiger partial charge in [0.25, 0.3) is 0 Å². The van der Waals surface area contributed by atoms with Crippen LogP contribution in [0, 0.1) is 0 Å². The molecule has 0 bridgehead atoms. The van der Waals surface area contributed by atoms with E-state index < -0.39 is 0 Å². The molecule has 194 valence electrons. The van der Waals surface area contributed by atoms with Gasteiger partial charge in [-0.15, -0.1) is 0 Å². The van der Waals surface area contributed by atoms with Crippen LogP contribution in [0.15, 0.2) is 61.2 Å². The number of aryl methyl sites for hydroxylation is 1. The number of aliphatic hydroxyl groups is 1. The summed E-state index contributed by atoms with van der Waals surface area (Å²) in [5, 5.41) is 12.8. The van der Waals surface area contributed by atoms with Crippen molar-refractivity contribution in [2.24, 2.45) is 0 Å². The number of hydrogen-bond acceptors (Lipinski definition) is 11. The average Bonchev–Trinajstić information content (AvgIpc) is 2.97. The Labute approximate surface area is 220 Å². The molecule has 4 aromatic rings. The highest BCUT2D eigenvalue weighted by Crippen LogP contribution is 2.21. The third-order valence-corrected chi connectivity index (χ3v) is 6.31. The van der Waals surface area contributed by atoms with Crippen molar-refractivity contribution in [1.82, 2.24) is 29.9 Å². The van der Waals surface area contributed by atoms with Crippen LogP contribution in [0.25, 0.3) is 0 Å². The second-order valence-electron chi connectivity index (χ2n) is 8.87. The van der Waals surface area contributed by atoms with Crippen LogP contribution in [0.4, 0.5) is 23.5 Å². The molecule has 5 rings (SSSR count). The van der Waals surface area contributed by atoms with Crippen LogP contribution in [-0.2, 0) is 19.4 Å². The normalized spacial score (nSPS) is 13.4. The first-order valence-corrected chi connectivity index (χ1v) is 12.6. The maximum absolute atomic E-state index is 12.8. The highest BCUT2D eigenvalue weighted by atomic mass is 16.3. The molecule has 0 spiro atoms. The zero-order valence-electron chi connectivity index (χ0n) is 21.2. The molecule has 0 saturated carbocycles. The summed E-state index contributed by atoms with van der Waals surface area (Å²) in [7, 11) is 0. The fourth-order valence-corrected chi connectivity index (χ4v) is 4.30. The summed E-state index contributed by atoms with van der Waals surface area (Å²) in [4.78, 5) is 43.6. The first-order valence-electron chi connectivity index (χ1n) is 12.6. The van der Waals surface area contributed by atoms with Gasteiger partial charge in [0.15, 0.2) is 5.78 Å². The lowest BCUT2D eigenvalue weighted by atomic mass is 10.0. The minimum atomic E-state index is -0.105. The van der Waals surface area contributed by atoms with Crippen LogP contribution in [0.5, 0.6) is 0 Å². The minimum Gasteiger partial charge on any atom is -0.391 e. The lowest BCUT2D eigenvalue weighted by molar-refractivity contribution is 0.0993. The van der Waals surface area contributed by atoms with Crippen LogP contribution in [0.2, 0.25) is 0 Å². The molecule has 4 heterocycles. The Morgan fingerprint density at radius 3 is 2.55 bits per heavy atom. The third kappa shape index (κ3) is 5.89. The summed E-state index contributed by atoms with van der Waals surface area (Å²) in [5.41, 5.74) is 2.24. The zero-order chi connectivity index (χ0) is 26.3. The summed E-state index contributed by atoms with van der Waals surface area (Å²) >= 11 is 0. The first-order chi connectivity index (χ1) is 18.6. The van der Waals surface area contributed by atoms with E-state index in [1.807, 2.05) is 37.3 Å². The van der Waals surface area contributed by atoms with Gasteiger partial charge in [0.1, 0.15) is 23.8 Å². The summed E-state index contributed by atoms with van der Waals surface area (Å²) in [5.74, 6) is 2.89. The number of hydrogen-bond donors (Lipinski definition) is 2. The molecule has 3 aromatic heterocycles. The second kappa shape index (κ2) is 11.7. The highest BCUT2D eigenvalue weighted by molar-refractivity contribution is 5.98. The van der Waals surface area contributed by atoms with E-state index in [2.05, 4.69) is 45.0 Å². The van der Waals surface area contributed by atoms with E-state index >= 15 is 0 Å². The van der Waals surface area contributed by atoms with Crippen LogP contribution in [0.3, 0.4) is 0 Å². The Bertz CT molecular complexity index is 1390. The molecule has 0 atom stereocenters. The monoisotopic (exact) mass is 511 g/mol. The number of benzene rings is 1. The van der Waals surface area contributed by atoms with E-state index in [0.29, 0.717) is 73.7 Å². The van der Waals surface area contributed by atoms with Gasteiger partial charge in [-0.3, -0.25) is 4.79 Å². The lowest BCUT2D eigenvalue weighted by Gasteiger charge is -2.36. The van der Waals surface area contributed by atoms with Crippen molar-refractivity contribution in [3.8, 4) is 0 Å². The van der Waals surface area contributed by atoms with Crippen LogP contribution in [-0.4, -0.2) is 67.0 Å². The number of nitrogens with zero attached hydrogens (tertiary/aromatic N) is 8. The molecule has 1 fully saturated rings. The molecule has 0 amide bonds. The Morgan fingerprint density at radius 1 is 1.00 bits per heavy atom. The molecule has 0 aliphatic carbocycles. The summed E-state index contributed by atoms with van der Waals surface area (Å²) in [6.07, 6.45) is 5.71. The topological polar surface area (TPSA) is 133 Å². The number of Topliss-reactive ketones (excluding diaryl/α,β-unsaturated/α-hetero) is 1. The van der Waals surface area contributed by atoms with Crippen molar-refractivity contribution in [1.29, 1.82) is 0 Å². The maximum atomic E-state index is 12.8. The van der Waals surface area contributed by atoms with Gasteiger partial charge in [0, 0.05) is 62.5 Å². The molecule has 1 aliphatic heterocycles. The van der Waals surface area contributed by atoms with Crippen molar-refractivity contribution >= 4 is 29.3 Å². The number of pyridine rings is 1. The summed E-state index contributed by atoms with van der Waals surface area (Å²) < 4.78 is 0. The van der Waals surface area contributed by atoms with Gasteiger partial charge in [-0.1, -0.05) is 37.3 Å². The van der Waals surface area contributed by atoms with Gasteiger partial charge in [0.05, 0.1) is 6.61 Å². The number of carbonyl (C=O) groups is 1. The molecule has 11 heteroatoms. The third-order valence-electron chi connectivity index (χ3n) is 6.31. The molecular formula is C27H29N9O2. The van der Waals surface area contributed by atoms with E-state index in [0.717, 1.165) is 11.4 Å². The van der Waals surface area contributed by atoms with Crippen molar-refractivity contribution in [2.45, 2.75) is 26.4 Å². The van der Waals surface area contributed by atoms with Crippen LogP contribution in [0.1, 0.15) is 34.2 Å². The fraction of sp³-hybridized carbons (Fsp3) is 0.296. The molecule has 1 aromatic carbocycles. The van der Waals surface area contributed by atoms with Gasteiger partial charge < -0.3 is 20.2 Å². The first kappa shape index (κ1) is 25.2. The van der Waals surface area contributed by atoms with E-state index in [1.165, 1.54) is 6.33 Å².